The summed E-state index contributed by atoms with van der Waals surface area (Å²) in [4.78, 5) is 16.4. The fourth-order valence-electron chi connectivity index (χ4n) is 2.21. The number of halogens is 2. The van der Waals surface area contributed by atoms with Crippen molar-refractivity contribution in [3.63, 3.8) is 0 Å². The molecule has 0 aliphatic heterocycles. The lowest BCUT2D eigenvalue weighted by atomic mass is 10.1. The third-order valence-corrected chi connectivity index (χ3v) is 3.68. The van der Waals surface area contributed by atoms with Gasteiger partial charge in [0.15, 0.2) is 5.78 Å². The minimum absolute atomic E-state index is 0.0736. The summed E-state index contributed by atoms with van der Waals surface area (Å²) in [6.07, 6.45) is 4.82. The lowest BCUT2D eigenvalue weighted by Crippen LogP contribution is -2.06. The van der Waals surface area contributed by atoms with Crippen LogP contribution in [0.25, 0.3) is 11.8 Å². The van der Waals surface area contributed by atoms with Crippen LogP contribution in [0.15, 0.2) is 61.2 Å². The normalized spacial score (nSPS) is 11.5. The summed E-state index contributed by atoms with van der Waals surface area (Å²) in [5.41, 5.74) is 1.97. The number of ketones is 1. The number of carbonyl (C=O) groups excluding carboxylic acids is 1. The molecule has 3 aromatic rings. The molecular weight excluding hydrogens is 329 g/mol. The molecule has 0 atom stereocenters. The molecule has 24 heavy (non-hydrogen) atoms. The molecule has 0 amide bonds. The summed E-state index contributed by atoms with van der Waals surface area (Å²) in [6.45, 7) is 0. The van der Waals surface area contributed by atoms with Crippen LogP contribution in [0.2, 0.25) is 5.02 Å². The highest BCUT2D eigenvalue weighted by Crippen LogP contribution is 2.18. The molecule has 3 rings (SSSR count). The van der Waals surface area contributed by atoms with E-state index in [0.29, 0.717) is 16.3 Å². The molecule has 0 radical (unpaired) electrons. The predicted molar refractivity (Wildman–Crippen MR) is 91.0 cm³/mol. The van der Waals surface area contributed by atoms with Crippen molar-refractivity contribution in [3.05, 3.63) is 83.2 Å². The van der Waals surface area contributed by atoms with Crippen LogP contribution in [-0.4, -0.2) is 20.5 Å². The number of rotatable bonds is 5. The Bertz CT molecular complexity index is 856. The standard InChI is InChI=1S/C18H13ClFN3O/c19-15-5-3-14(4-6-15)18(24)10-17(23-12-21-11-22-23)9-13-1-7-16(20)8-2-13/h1-9,11-12H,10H2. The highest BCUT2D eigenvalue weighted by atomic mass is 35.5. The van der Waals surface area contributed by atoms with E-state index in [4.69, 9.17) is 11.6 Å². The first-order valence-electron chi connectivity index (χ1n) is 7.22. The summed E-state index contributed by atoms with van der Waals surface area (Å²) in [6, 6.07) is 12.7. The SMILES string of the molecule is O=C(CC(=Cc1ccc(F)cc1)n1cncn1)c1ccc(Cl)cc1. The summed E-state index contributed by atoms with van der Waals surface area (Å²) in [5.74, 6) is -0.387. The topological polar surface area (TPSA) is 47.8 Å². The Morgan fingerprint density at radius 3 is 2.46 bits per heavy atom. The third kappa shape index (κ3) is 3.94. The largest absolute Gasteiger partial charge is 0.294 e. The average molecular weight is 342 g/mol. The van der Waals surface area contributed by atoms with E-state index in [1.807, 2.05) is 0 Å². The van der Waals surface area contributed by atoms with Gasteiger partial charge in [-0.3, -0.25) is 4.79 Å². The first-order valence-corrected chi connectivity index (χ1v) is 7.59. The molecule has 0 aliphatic carbocycles. The first-order chi connectivity index (χ1) is 11.6. The Kier molecular flexibility index (Phi) is 4.82. The molecule has 2 aromatic carbocycles. The van der Waals surface area contributed by atoms with Crippen LogP contribution in [0.1, 0.15) is 22.3 Å². The van der Waals surface area contributed by atoms with E-state index >= 15 is 0 Å². The van der Waals surface area contributed by atoms with Gasteiger partial charge in [-0.05, 0) is 48.0 Å². The zero-order chi connectivity index (χ0) is 16.9. The van der Waals surface area contributed by atoms with Gasteiger partial charge in [0.2, 0.25) is 0 Å². The van der Waals surface area contributed by atoms with Crippen LogP contribution in [0, 0.1) is 5.82 Å². The first kappa shape index (κ1) is 16.1. The van der Waals surface area contributed by atoms with Crippen molar-refractivity contribution >= 4 is 29.2 Å². The predicted octanol–water partition coefficient (Wildman–Crippen LogP) is 4.34. The quantitative estimate of drug-likeness (QED) is 0.648. The maximum atomic E-state index is 13.0. The maximum absolute atomic E-state index is 13.0. The van der Waals surface area contributed by atoms with Gasteiger partial charge in [0.25, 0.3) is 0 Å². The number of hydrogen-bond donors (Lipinski definition) is 0. The molecule has 1 heterocycles. The van der Waals surface area contributed by atoms with E-state index in [-0.39, 0.29) is 18.0 Å². The Morgan fingerprint density at radius 1 is 1.12 bits per heavy atom. The number of allylic oxidation sites excluding steroid dienone is 1. The second kappa shape index (κ2) is 7.19. The summed E-state index contributed by atoms with van der Waals surface area (Å²) < 4.78 is 14.6. The van der Waals surface area contributed by atoms with Crippen molar-refractivity contribution in [1.82, 2.24) is 14.8 Å². The van der Waals surface area contributed by atoms with E-state index in [1.54, 1.807) is 42.5 Å². The minimum Gasteiger partial charge on any atom is -0.294 e. The zero-order valence-electron chi connectivity index (χ0n) is 12.6. The summed E-state index contributed by atoms with van der Waals surface area (Å²) in [7, 11) is 0. The molecule has 6 heteroatoms. The molecule has 0 N–H and O–H groups in total. The van der Waals surface area contributed by atoms with Gasteiger partial charge in [0.1, 0.15) is 18.5 Å². The smallest absolute Gasteiger partial charge is 0.168 e. The van der Waals surface area contributed by atoms with Crippen molar-refractivity contribution in [1.29, 1.82) is 0 Å². The van der Waals surface area contributed by atoms with Crippen molar-refractivity contribution in [3.8, 4) is 0 Å². The molecule has 120 valence electrons. The van der Waals surface area contributed by atoms with E-state index in [2.05, 4.69) is 10.1 Å². The molecule has 0 saturated carbocycles. The molecule has 4 nitrogen and oxygen atoms in total. The van der Waals surface area contributed by atoms with Crippen molar-refractivity contribution < 1.29 is 9.18 Å². The summed E-state index contributed by atoms with van der Waals surface area (Å²) in [5, 5.41) is 4.65. The molecule has 0 fully saturated rings. The fraction of sp³-hybridized carbons (Fsp3) is 0.0556. The molecule has 0 bridgehead atoms. The zero-order valence-corrected chi connectivity index (χ0v) is 13.3. The monoisotopic (exact) mass is 341 g/mol. The van der Waals surface area contributed by atoms with Crippen LogP contribution < -0.4 is 0 Å². The van der Waals surface area contributed by atoms with E-state index in [9.17, 15) is 9.18 Å². The van der Waals surface area contributed by atoms with Crippen LogP contribution >= 0.6 is 11.6 Å². The maximum Gasteiger partial charge on any atom is 0.168 e. The third-order valence-electron chi connectivity index (χ3n) is 3.42. The number of carbonyl (C=O) groups is 1. The number of nitrogens with zero attached hydrogens (tertiary/aromatic N) is 3. The summed E-state index contributed by atoms with van der Waals surface area (Å²) >= 11 is 5.85. The lowest BCUT2D eigenvalue weighted by molar-refractivity contribution is 0.0997. The number of benzene rings is 2. The highest BCUT2D eigenvalue weighted by molar-refractivity contribution is 6.30. The second-order valence-corrected chi connectivity index (χ2v) is 5.57. The Morgan fingerprint density at radius 2 is 1.83 bits per heavy atom. The van der Waals surface area contributed by atoms with Crippen molar-refractivity contribution in [2.24, 2.45) is 0 Å². The number of aromatic nitrogens is 3. The Balaban J connectivity index is 1.89. The van der Waals surface area contributed by atoms with Gasteiger partial charge in [0.05, 0.1) is 12.1 Å². The van der Waals surface area contributed by atoms with Gasteiger partial charge < -0.3 is 0 Å². The van der Waals surface area contributed by atoms with Gasteiger partial charge in [-0.25, -0.2) is 14.1 Å². The van der Waals surface area contributed by atoms with Crippen molar-refractivity contribution in [2.75, 3.05) is 0 Å². The van der Waals surface area contributed by atoms with E-state index in [1.165, 1.54) is 29.5 Å². The van der Waals surface area contributed by atoms with Gasteiger partial charge in [-0.15, -0.1) is 0 Å². The van der Waals surface area contributed by atoms with Crippen LogP contribution in [0.3, 0.4) is 0 Å². The molecule has 0 aliphatic rings. The average Bonchev–Trinajstić information content (AvgIpc) is 3.11. The van der Waals surface area contributed by atoms with Gasteiger partial charge >= 0.3 is 0 Å². The number of Topliss-reactive ketones (excluding diaryl/α,β-unsaturated/α-hetero) is 1. The van der Waals surface area contributed by atoms with Crippen LogP contribution in [0.5, 0.6) is 0 Å². The van der Waals surface area contributed by atoms with Gasteiger partial charge in [0, 0.05) is 10.6 Å². The minimum atomic E-state index is -0.313. The second-order valence-electron chi connectivity index (χ2n) is 5.13. The Labute approximate surface area is 143 Å². The van der Waals surface area contributed by atoms with Gasteiger partial charge in [-0.2, -0.15) is 5.10 Å². The highest BCUT2D eigenvalue weighted by Gasteiger charge is 2.11. The molecule has 0 saturated heterocycles. The molecule has 1 aromatic heterocycles. The van der Waals surface area contributed by atoms with E-state index < -0.39 is 0 Å². The van der Waals surface area contributed by atoms with Crippen LogP contribution in [0.4, 0.5) is 4.39 Å². The van der Waals surface area contributed by atoms with E-state index in [0.717, 1.165) is 5.56 Å². The van der Waals surface area contributed by atoms with Gasteiger partial charge in [-0.1, -0.05) is 23.7 Å². The lowest BCUT2D eigenvalue weighted by Gasteiger charge is -2.07. The Hall–Kier alpha value is -2.79. The molecule has 0 unspecified atom stereocenters. The van der Waals surface area contributed by atoms with Crippen LogP contribution in [-0.2, 0) is 0 Å². The number of hydrogen-bond acceptors (Lipinski definition) is 3. The molecule has 0 spiro atoms. The fourth-order valence-corrected chi connectivity index (χ4v) is 2.33. The molecular formula is C18H13ClFN3O. The van der Waals surface area contributed by atoms with Crippen molar-refractivity contribution in [2.45, 2.75) is 6.42 Å².